The van der Waals surface area contributed by atoms with Crippen LogP contribution in [-0.4, -0.2) is 38.5 Å². The number of unbranched alkanes of at least 4 members (excludes halogenated alkanes) is 2. The second kappa shape index (κ2) is 7.02. The van der Waals surface area contributed by atoms with E-state index in [1.165, 1.54) is 0 Å². The molecular weight excluding hydrogens is 238 g/mol. The quantitative estimate of drug-likeness (QED) is 0.634. The Kier molecular flexibility index (Phi) is 5.67. The van der Waals surface area contributed by atoms with Crippen molar-refractivity contribution in [1.82, 2.24) is 4.90 Å². The van der Waals surface area contributed by atoms with Crippen LogP contribution in [-0.2, 0) is 0 Å². The molecule has 0 saturated heterocycles. The van der Waals surface area contributed by atoms with Crippen molar-refractivity contribution in [2.75, 3.05) is 38.3 Å². The summed E-state index contributed by atoms with van der Waals surface area (Å²) >= 11 is 0. The van der Waals surface area contributed by atoms with Crippen LogP contribution in [0, 0.1) is 0 Å². The number of amides is 1. The molecule has 0 radical (unpaired) electrons. The number of hydrogen-bond acceptors (Lipinski definition) is 3. The third kappa shape index (κ3) is 4.16. The van der Waals surface area contributed by atoms with E-state index in [-0.39, 0.29) is 5.91 Å². The van der Waals surface area contributed by atoms with Crippen LogP contribution in [0.2, 0.25) is 0 Å². The molecule has 0 atom stereocenters. The number of benzene rings is 1. The van der Waals surface area contributed by atoms with Gasteiger partial charge in [-0.1, -0.05) is 19.8 Å². The first-order valence-electron chi connectivity index (χ1n) is 6.79. The molecule has 4 nitrogen and oxygen atoms in total. The highest BCUT2D eigenvalue weighted by molar-refractivity contribution is 6.00. The minimum Gasteiger partial charge on any atom is -0.399 e. The molecule has 0 heterocycles. The van der Waals surface area contributed by atoms with Crippen molar-refractivity contribution in [3.63, 3.8) is 0 Å². The van der Waals surface area contributed by atoms with Gasteiger partial charge in [-0.15, -0.1) is 0 Å². The molecule has 1 amide bonds. The van der Waals surface area contributed by atoms with E-state index in [9.17, 15) is 4.79 Å². The van der Waals surface area contributed by atoms with Crippen molar-refractivity contribution in [3.8, 4) is 0 Å². The molecule has 0 aliphatic heterocycles. The van der Waals surface area contributed by atoms with Gasteiger partial charge >= 0.3 is 0 Å². The molecule has 0 fully saturated rings. The maximum absolute atomic E-state index is 12.5. The Morgan fingerprint density at radius 3 is 2.47 bits per heavy atom. The lowest BCUT2D eigenvalue weighted by Gasteiger charge is -2.22. The third-order valence-corrected chi connectivity index (χ3v) is 3.18. The Morgan fingerprint density at radius 2 is 1.89 bits per heavy atom. The molecule has 2 N–H and O–H groups in total. The first-order valence-corrected chi connectivity index (χ1v) is 6.79. The molecule has 0 saturated carbocycles. The van der Waals surface area contributed by atoms with Gasteiger partial charge in [-0.05, 0) is 24.6 Å². The van der Waals surface area contributed by atoms with E-state index in [4.69, 9.17) is 5.73 Å². The monoisotopic (exact) mass is 263 g/mol. The van der Waals surface area contributed by atoms with Crippen molar-refractivity contribution < 1.29 is 4.79 Å². The van der Waals surface area contributed by atoms with Gasteiger partial charge in [0.2, 0.25) is 0 Å². The van der Waals surface area contributed by atoms with E-state index < -0.39 is 0 Å². The summed E-state index contributed by atoms with van der Waals surface area (Å²) in [5.74, 6) is 0.0344. The van der Waals surface area contributed by atoms with Crippen LogP contribution in [0.25, 0.3) is 0 Å². The molecule has 0 aliphatic carbocycles. The van der Waals surface area contributed by atoms with Crippen molar-refractivity contribution in [3.05, 3.63) is 23.8 Å². The molecule has 1 rings (SSSR count). The van der Waals surface area contributed by atoms with Gasteiger partial charge in [0.1, 0.15) is 0 Å². The van der Waals surface area contributed by atoms with E-state index in [0.717, 1.165) is 31.5 Å². The lowest BCUT2D eigenvalue weighted by atomic mass is 10.1. The fourth-order valence-corrected chi connectivity index (χ4v) is 2.02. The lowest BCUT2D eigenvalue weighted by Crippen LogP contribution is -2.29. The van der Waals surface area contributed by atoms with Gasteiger partial charge in [0.25, 0.3) is 5.91 Å². The van der Waals surface area contributed by atoms with Crippen molar-refractivity contribution in [2.24, 2.45) is 0 Å². The Bertz CT molecular complexity index is 429. The molecule has 0 unspecified atom stereocenters. The van der Waals surface area contributed by atoms with E-state index in [0.29, 0.717) is 11.3 Å². The maximum atomic E-state index is 12.5. The molecule has 1 aromatic carbocycles. The fourth-order valence-electron chi connectivity index (χ4n) is 2.02. The Balaban J connectivity index is 2.88. The number of hydrogen-bond donors (Lipinski definition) is 1. The van der Waals surface area contributed by atoms with Crippen molar-refractivity contribution in [1.29, 1.82) is 0 Å². The Hall–Kier alpha value is -1.71. The SMILES string of the molecule is CCCCCN(C)C(=O)c1cc(N)ccc1N(C)C. The van der Waals surface area contributed by atoms with E-state index in [2.05, 4.69) is 6.92 Å². The highest BCUT2D eigenvalue weighted by atomic mass is 16.2. The van der Waals surface area contributed by atoms with Gasteiger partial charge in [0.15, 0.2) is 0 Å². The summed E-state index contributed by atoms with van der Waals surface area (Å²) in [4.78, 5) is 16.2. The first kappa shape index (κ1) is 15.3. The van der Waals surface area contributed by atoms with E-state index in [1.54, 1.807) is 11.0 Å². The van der Waals surface area contributed by atoms with Gasteiger partial charge in [-0.3, -0.25) is 4.79 Å². The summed E-state index contributed by atoms with van der Waals surface area (Å²) in [6, 6.07) is 5.47. The Morgan fingerprint density at radius 1 is 1.21 bits per heavy atom. The molecule has 19 heavy (non-hydrogen) atoms. The van der Waals surface area contributed by atoms with Crippen LogP contribution in [0.5, 0.6) is 0 Å². The molecule has 0 spiro atoms. The minimum atomic E-state index is 0.0344. The number of rotatable bonds is 6. The van der Waals surface area contributed by atoms with Crippen LogP contribution in [0.4, 0.5) is 11.4 Å². The number of nitrogen functional groups attached to an aromatic ring is 1. The number of anilines is 2. The van der Waals surface area contributed by atoms with Gasteiger partial charge in [0, 0.05) is 39.1 Å². The van der Waals surface area contributed by atoms with Crippen LogP contribution in [0.15, 0.2) is 18.2 Å². The number of carbonyl (C=O) groups excluding carboxylic acids is 1. The van der Waals surface area contributed by atoms with Crippen molar-refractivity contribution >= 4 is 17.3 Å². The number of nitrogens with two attached hydrogens (primary N) is 1. The predicted octanol–water partition coefficient (Wildman–Crippen LogP) is 2.60. The molecule has 106 valence electrons. The highest BCUT2D eigenvalue weighted by Gasteiger charge is 2.17. The summed E-state index contributed by atoms with van der Waals surface area (Å²) in [6.07, 6.45) is 3.34. The van der Waals surface area contributed by atoms with Gasteiger partial charge in [-0.25, -0.2) is 0 Å². The zero-order valence-electron chi connectivity index (χ0n) is 12.4. The average molecular weight is 263 g/mol. The topological polar surface area (TPSA) is 49.6 Å². The Labute approximate surface area is 116 Å². The van der Waals surface area contributed by atoms with Gasteiger partial charge in [0.05, 0.1) is 5.56 Å². The smallest absolute Gasteiger partial charge is 0.255 e. The van der Waals surface area contributed by atoms with Crippen molar-refractivity contribution in [2.45, 2.75) is 26.2 Å². The summed E-state index contributed by atoms with van der Waals surface area (Å²) in [5, 5.41) is 0. The van der Waals surface area contributed by atoms with Gasteiger partial charge < -0.3 is 15.5 Å². The fraction of sp³-hybridized carbons (Fsp3) is 0.533. The highest BCUT2D eigenvalue weighted by Crippen LogP contribution is 2.22. The van der Waals surface area contributed by atoms with Gasteiger partial charge in [-0.2, -0.15) is 0 Å². The van der Waals surface area contributed by atoms with Crippen LogP contribution >= 0.6 is 0 Å². The summed E-state index contributed by atoms with van der Waals surface area (Å²) in [6.45, 7) is 2.94. The zero-order chi connectivity index (χ0) is 14.4. The molecule has 4 heteroatoms. The second-order valence-electron chi connectivity index (χ2n) is 5.10. The van der Waals surface area contributed by atoms with Crippen LogP contribution < -0.4 is 10.6 Å². The summed E-state index contributed by atoms with van der Waals surface area (Å²) in [5.41, 5.74) is 7.99. The predicted molar refractivity (Wildman–Crippen MR) is 81.7 cm³/mol. The first-order chi connectivity index (χ1) is 8.97. The third-order valence-electron chi connectivity index (χ3n) is 3.18. The van der Waals surface area contributed by atoms with E-state index >= 15 is 0 Å². The normalized spacial score (nSPS) is 10.3. The molecule has 1 aromatic rings. The largest absolute Gasteiger partial charge is 0.399 e. The molecule has 0 aliphatic rings. The number of carbonyl (C=O) groups is 1. The maximum Gasteiger partial charge on any atom is 0.255 e. The molecule has 0 aromatic heterocycles. The van der Waals surface area contributed by atoms with Crippen LogP contribution in [0.1, 0.15) is 36.5 Å². The average Bonchev–Trinajstić information content (AvgIpc) is 2.37. The molecular formula is C15H25N3O. The second-order valence-corrected chi connectivity index (χ2v) is 5.10. The zero-order valence-corrected chi connectivity index (χ0v) is 12.4. The number of nitrogens with zero attached hydrogens (tertiary/aromatic N) is 2. The van der Waals surface area contributed by atoms with Crippen LogP contribution in [0.3, 0.4) is 0 Å². The van der Waals surface area contributed by atoms with E-state index in [1.807, 2.05) is 38.2 Å². The minimum absolute atomic E-state index is 0.0344. The standard InChI is InChI=1S/C15H25N3O/c1-5-6-7-10-18(4)15(19)13-11-12(16)8-9-14(13)17(2)3/h8-9,11H,5-7,10,16H2,1-4H3. The molecule has 0 bridgehead atoms. The summed E-state index contributed by atoms with van der Waals surface area (Å²) < 4.78 is 0. The summed E-state index contributed by atoms with van der Waals surface area (Å²) in [7, 11) is 5.71. The lowest BCUT2D eigenvalue weighted by molar-refractivity contribution is 0.0793.